The van der Waals surface area contributed by atoms with Crippen LogP contribution in [0.2, 0.25) is 0 Å². The van der Waals surface area contributed by atoms with Crippen LogP contribution in [0.4, 0.5) is 19.3 Å². The number of carbonyl (C=O) groups is 2. The molecule has 3 amide bonds. The van der Waals surface area contributed by atoms with Gasteiger partial charge in [0.2, 0.25) is 0 Å². The first-order valence-corrected chi connectivity index (χ1v) is 9.69. The summed E-state index contributed by atoms with van der Waals surface area (Å²) >= 11 is 0. The third-order valence-electron chi connectivity index (χ3n) is 4.89. The number of amidine groups is 1. The summed E-state index contributed by atoms with van der Waals surface area (Å²) in [6.45, 7) is 3.47. The summed E-state index contributed by atoms with van der Waals surface area (Å²) < 4.78 is 31.3. The molecule has 7 heteroatoms. The van der Waals surface area contributed by atoms with Gasteiger partial charge in [-0.3, -0.25) is 4.79 Å². The van der Waals surface area contributed by atoms with Crippen molar-refractivity contribution in [2.24, 2.45) is 10.9 Å². The molecule has 0 bridgehead atoms. The van der Waals surface area contributed by atoms with E-state index in [2.05, 4.69) is 16.8 Å². The van der Waals surface area contributed by atoms with E-state index in [9.17, 15) is 18.4 Å². The molecule has 0 spiro atoms. The van der Waals surface area contributed by atoms with Gasteiger partial charge in [-0.25, -0.2) is 13.6 Å². The molecule has 1 unspecified atom stereocenters. The number of carbonyl (C=O) groups excluding carboxylic acids is 2. The molecule has 2 aliphatic rings. The molecular weight excluding hydrogens is 400 g/mol. The van der Waals surface area contributed by atoms with E-state index < -0.39 is 35.2 Å². The Labute approximate surface area is 178 Å². The smallest absolute Gasteiger partial charge is 0.254 e. The fraction of sp³-hybridized carbons (Fsp3) is 0.167. The Morgan fingerprint density at radius 1 is 1.03 bits per heavy atom. The predicted octanol–water partition coefficient (Wildman–Crippen LogP) is 3.91. The maximum atomic E-state index is 15.0. The monoisotopic (exact) mass is 418 g/mol. The highest BCUT2D eigenvalue weighted by molar-refractivity contribution is 6.24. The van der Waals surface area contributed by atoms with Crippen molar-refractivity contribution in [3.8, 4) is 11.8 Å². The molecule has 2 aliphatic heterocycles. The molecule has 4 rings (SSSR count). The third kappa shape index (κ3) is 3.68. The van der Waals surface area contributed by atoms with Crippen LogP contribution in [-0.2, 0) is 4.79 Å². The minimum atomic E-state index is -1.05. The van der Waals surface area contributed by atoms with Crippen molar-refractivity contribution in [3.05, 3.63) is 77.4 Å². The summed E-state index contributed by atoms with van der Waals surface area (Å²) in [7, 11) is 0. The molecule has 2 aromatic rings. The van der Waals surface area contributed by atoms with Gasteiger partial charge in [-0.2, -0.15) is 9.48 Å². The number of amides is 3. The maximum absolute atomic E-state index is 15.0. The number of dihydropyridines is 1. The van der Waals surface area contributed by atoms with Crippen LogP contribution in [-0.4, -0.2) is 34.6 Å². The van der Waals surface area contributed by atoms with E-state index >= 15 is 0 Å². The van der Waals surface area contributed by atoms with Crippen molar-refractivity contribution in [3.63, 3.8) is 0 Å². The van der Waals surface area contributed by atoms with Gasteiger partial charge >= 0.3 is 11.9 Å². The number of rotatable bonds is 2. The Morgan fingerprint density at radius 2 is 1.68 bits per heavy atom. The molecule has 0 aliphatic carbocycles. The van der Waals surface area contributed by atoms with Crippen molar-refractivity contribution < 1.29 is 22.9 Å². The number of allylic oxidation sites excluding steroid dienone is 1. The van der Waals surface area contributed by atoms with E-state index in [0.29, 0.717) is 10.5 Å². The fourth-order valence-electron chi connectivity index (χ4n) is 3.50. The van der Waals surface area contributed by atoms with Crippen LogP contribution in [0.3, 0.4) is 0 Å². The van der Waals surface area contributed by atoms with E-state index in [1.54, 1.807) is 50.3 Å². The number of hydrogen-bond donors (Lipinski definition) is 0. The number of halogens is 2. The van der Waals surface area contributed by atoms with Gasteiger partial charge in [-0.15, -0.1) is 4.99 Å². The summed E-state index contributed by atoms with van der Waals surface area (Å²) in [5, 5.41) is 0. The highest BCUT2D eigenvalue weighted by atomic mass is 19.1. The van der Waals surface area contributed by atoms with Crippen molar-refractivity contribution in [2.75, 3.05) is 4.90 Å². The van der Waals surface area contributed by atoms with Crippen molar-refractivity contribution in [1.29, 1.82) is 0 Å². The number of aliphatic imine (C=N–C) groups is 1. The summed E-state index contributed by atoms with van der Waals surface area (Å²) in [6.07, 6.45) is 4.58. The predicted molar refractivity (Wildman–Crippen MR) is 113 cm³/mol. The number of urea groups is 1. The largest absolute Gasteiger partial charge is 0.451 e. The van der Waals surface area contributed by atoms with Gasteiger partial charge in [0.25, 0.3) is 5.84 Å². The molecule has 0 saturated carbocycles. The van der Waals surface area contributed by atoms with E-state index in [-0.39, 0.29) is 17.4 Å². The number of fused-ring (bicyclic) bond motifs is 1. The zero-order chi connectivity index (χ0) is 22.1. The Hall–Kier alpha value is -3.92. The number of benzene rings is 2. The molecule has 0 saturated heterocycles. The van der Waals surface area contributed by atoms with Crippen LogP contribution >= 0.6 is 0 Å². The Balaban J connectivity index is 1.78. The second kappa shape index (κ2) is 8.07. The Bertz CT molecular complexity index is 1210. The molecule has 2 aromatic carbocycles. The summed E-state index contributed by atoms with van der Waals surface area (Å²) in [4.78, 5) is 30.8. The van der Waals surface area contributed by atoms with Gasteiger partial charge in [-0.1, -0.05) is 36.1 Å². The zero-order valence-electron chi connectivity index (χ0n) is 16.8. The number of nitrogens with zero attached hydrogens (tertiary/aromatic N) is 3. The van der Waals surface area contributed by atoms with Gasteiger partial charge < -0.3 is 0 Å². The summed E-state index contributed by atoms with van der Waals surface area (Å²) in [5.41, 5.74) is 0.0663. The van der Waals surface area contributed by atoms with E-state index in [1.807, 2.05) is 6.07 Å². The highest BCUT2D eigenvalue weighted by Gasteiger charge is 2.50. The molecule has 1 atom stereocenters. The standard InChI is InChI=1S/C24H18F2N3O2/c1-15(2)28-22-18(9-6-12-27-22)23(30)29(24(28)31)21-19(25)13-17(14-20(21)26)11-10-16-7-4-3-5-8-16/h3-9,12-15,18H,1-2H3/q+1. The topological polar surface area (TPSA) is 52.8 Å². The first kappa shape index (κ1) is 20.4. The fourth-order valence-corrected chi connectivity index (χ4v) is 3.50. The Morgan fingerprint density at radius 3 is 2.32 bits per heavy atom. The van der Waals surface area contributed by atoms with Gasteiger partial charge in [0, 0.05) is 11.1 Å². The quantitative estimate of drug-likeness (QED) is 0.549. The first-order valence-electron chi connectivity index (χ1n) is 9.69. The lowest BCUT2D eigenvalue weighted by molar-refractivity contribution is -0.465. The van der Waals surface area contributed by atoms with Crippen molar-refractivity contribution in [2.45, 2.75) is 19.9 Å². The number of imide groups is 1. The van der Waals surface area contributed by atoms with Crippen LogP contribution < -0.4 is 4.90 Å². The molecule has 5 nitrogen and oxygen atoms in total. The lowest BCUT2D eigenvalue weighted by atomic mass is 10.0. The van der Waals surface area contributed by atoms with Gasteiger partial charge in [0.05, 0.1) is 6.04 Å². The van der Waals surface area contributed by atoms with Crippen LogP contribution in [0.1, 0.15) is 25.0 Å². The molecule has 2 heterocycles. The molecule has 31 heavy (non-hydrogen) atoms. The van der Waals surface area contributed by atoms with E-state index in [4.69, 9.17) is 0 Å². The van der Waals surface area contributed by atoms with Crippen LogP contribution in [0, 0.1) is 29.4 Å². The molecular formula is C24H18F2N3O2+. The lowest BCUT2D eigenvalue weighted by Crippen LogP contribution is -2.56. The first-order chi connectivity index (χ1) is 14.9. The van der Waals surface area contributed by atoms with Crippen molar-refractivity contribution in [1.82, 2.24) is 0 Å². The van der Waals surface area contributed by atoms with Crippen LogP contribution in [0.5, 0.6) is 0 Å². The van der Waals surface area contributed by atoms with Crippen LogP contribution in [0.25, 0.3) is 0 Å². The summed E-state index contributed by atoms with van der Waals surface area (Å²) in [6, 6.07) is 9.80. The Kier molecular flexibility index (Phi) is 5.30. The molecule has 0 radical (unpaired) electrons. The normalized spacial score (nSPS) is 17.7. The third-order valence-corrected chi connectivity index (χ3v) is 4.89. The van der Waals surface area contributed by atoms with E-state index in [0.717, 1.165) is 12.1 Å². The molecule has 0 fully saturated rings. The number of anilines is 1. The second-order valence-corrected chi connectivity index (χ2v) is 7.32. The average Bonchev–Trinajstić information content (AvgIpc) is 2.74. The van der Waals surface area contributed by atoms with Gasteiger partial charge in [0.15, 0.2) is 23.2 Å². The summed E-state index contributed by atoms with van der Waals surface area (Å²) in [5.74, 6) is 2.02. The van der Waals surface area contributed by atoms with E-state index in [1.165, 1.54) is 10.8 Å². The molecule has 154 valence electrons. The minimum absolute atomic E-state index is 0.0923. The second-order valence-electron chi connectivity index (χ2n) is 7.32. The molecule has 0 N–H and O–H groups in total. The average molecular weight is 418 g/mol. The zero-order valence-corrected chi connectivity index (χ0v) is 16.8. The minimum Gasteiger partial charge on any atom is -0.254 e. The number of hydrogen-bond acceptors (Lipinski definition) is 3. The SMILES string of the molecule is CC(C)[N+]1=C2N=CC=CC2C(=O)N(c2c(F)cc(C#Cc3ccccc3)cc2F)C1=O. The van der Waals surface area contributed by atoms with Crippen molar-refractivity contribution >= 4 is 29.7 Å². The maximum Gasteiger partial charge on any atom is 0.451 e. The molecule has 0 aromatic heterocycles. The van der Waals surface area contributed by atoms with Gasteiger partial charge in [0.1, 0.15) is 6.21 Å². The van der Waals surface area contributed by atoms with Crippen LogP contribution in [0.15, 0.2) is 59.6 Å². The lowest BCUT2D eigenvalue weighted by Gasteiger charge is -2.28. The van der Waals surface area contributed by atoms with Gasteiger partial charge in [-0.05, 0) is 44.2 Å². The highest BCUT2D eigenvalue weighted by Crippen LogP contribution is 2.31.